The minimum Gasteiger partial charge on any atom is -0.343 e. The number of carbonyl (C=O) groups excluding carboxylic acids is 1. The largest absolute Gasteiger partial charge is 0.343 e. The molecule has 0 aromatic rings. The second kappa shape index (κ2) is 8.28. The van der Waals surface area contributed by atoms with Gasteiger partial charge in [-0.1, -0.05) is 6.92 Å². The molecule has 1 saturated heterocycles. The van der Waals surface area contributed by atoms with Crippen LogP contribution < -0.4 is 5.32 Å². The Morgan fingerprint density at radius 2 is 2.00 bits per heavy atom. The zero-order valence-electron chi connectivity index (χ0n) is 13.1. The van der Waals surface area contributed by atoms with E-state index in [4.69, 9.17) is 0 Å². The molecule has 0 aromatic heterocycles. The third-order valence-electron chi connectivity index (χ3n) is 4.93. The van der Waals surface area contributed by atoms with Gasteiger partial charge in [-0.05, 0) is 63.3 Å². The summed E-state index contributed by atoms with van der Waals surface area (Å²) in [6.07, 6.45) is 8.02. The summed E-state index contributed by atoms with van der Waals surface area (Å²) in [4.78, 5) is 14.4. The molecule has 4 heteroatoms. The Morgan fingerprint density at radius 3 is 2.70 bits per heavy atom. The Kier molecular flexibility index (Phi) is 6.69. The molecule has 116 valence electrons. The van der Waals surface area contributed by atoms with Crippen LogP contribution in [0.5, 0.6) is 0 Å². The molecule has 0 spiro atoms. The third kappa shape index (κ3) is 4.66. The van der Waals surface area contributed by atoms with Crippen LogP contribution >= 0.6 is 11.8 Å². The summed E-state index contributed by atoms with van der Waals surface area (Å²) in [5.41, 5.74) is 0. The van der Waals surface area contributed by atoms with Gasteiger partial charge in [-0.3, -0.25) is 4.79 Å². The van der Waals surface area contributed by atoms with E-state index in [1.54, 1.807) is 0 Å². The summed E-state index contributed by atoms with van der Waals surface area (Å²) in [6, 6.07) is 0.500. The van der Waals surface area contributed by atoms with E-state index in [0.717, 1.165) is 37.1 Å². The molecular formula is C16H30N2OS. The summed E-state index contributed by atoms with van der Waals surface area (Å²) in [5, 5.41) is 4.17. The molecule has 0 radical (unpaired) electrons. The number of nitrogens with zero attached hydrogens (tertiary/aromatic N) is 1. The first kappa shape index (κ1) is 16.2. The van der Waals surface area contributed by atoms with E-state index < -0.39 is 0 Å². The van der Waals surface area contributed by atoms with Crippen LogP contribution in [0, 0.1) is 5.92 Å². The molecule has 20 heavy (non-hydrogen) atoms. The fourth-order valence-electron chi connectivity index (χ4n) is 3.53. The van der Waals surface area contributed by atoms with Crippen molar-refractivity contribution in [1.29, 1.82) is 0 Å². The average molecular weight is 298 g/mol. The predicted molar refractivity (Wildman–Crippen MR) is 87.2 cm³/mol. The van der Waals surface area contributed by atoms with E-state index in [1.807, 2.05) is 7.05 Å². The van der Waals surface area contributed by atoms with Crippen molar-refractivity contribution in [2.24, 2.45) is 5.92 Å². The van der Waals surface area contributed by atoms with E-state index in [1.165, 1.54) is 37.9 Å². The van der Waals surface area contributed by atoms with Gasteiger partial charge in [0.2, 0.25) is 5.91 Å². The van der Waals surface area contributed by atoms with Gasteiger partial charge in [-0.25, -0.2) is 0 Å². The highest BCUT2D eigenvalue weighted by Gasteiger charge is 2.29. The van der Waals surface area contributed by atoms with Gasteiger partial charge in [0.15, 0.2) is 0 Å². The highest BCUT2D eigenvalue weighted by atomic mass is 32.2. The molecule has 2 atom stereocenters. The lowest BCUT2D eigenvalue weighted by Crippen LogP contribution is -2.36. The molecule has 1 aliphatic carbocycles. The molecule has 2 unspecified atom stereocenters. The van der Waals surface area contributed by atoms with Crippen LogP contribution in [0.3, 0.4) is 0 Å². The molecule has 1 saturated carbocycles. The van der Waals surface area contributed by atoms with E-state index >= 15 is 0 Å². The van der Waals surface area contributed by atoms with Crippen molar-refractivity contribution in [2.75, 3.05) is 25.9 Å². The number of nitrogens with one attached hydrogen (secondary N) is 1. The van der Waals surface area contributed by atoms with E-state index in [2.05, 4.69) is 28.9 Å². The maximum Gasteiger partial charge on any atom is 0.222 e. The second-order valence-electron chi connectivity index (χ2n) is 6.28. The molecule has 2 fully saturated rings. The zero-order valence-corrected chi connectivity index (χ0v) is 13.9. The van der Waals surface area contributed by atoms with E-state index in [0.29, 0.717) is 11.9 Å². The Hall–Kier alpha value is -0.220. The van der Waals surface area contributed by atoms with Gasteiger partial charge >= 0.3 is 0 Å². The molecule has 2 aliphatic rings. The molecule has 2 rings (SSSR count). The maximum atomic E-state index is 12.3. The lowest BCUT2D eigenvalue weighted by molar-refractivity contribution is -0.132. The van der Waals surface area contributed by atoms with E-state index in [9.17, 15) is 4.79 Å². The monoisotopic (exact) mass is 298 g/mol. The van der Waals surface area contributed by atoms with Crippen molar-refractivity contribution in [1.82, 2.24) is 10.2 Å². The number of piperidine rings is 1. The summed E-state index contributed by atoms with van der Waals surface area (Å²) < 4.78 is 0. The highest BCUT2D eigenvalue weighted by Crippen LogP contribution is 2.32. The van der Waals surface area contributed by atoms with Crippen LogP contribution in [0.1, 0.15) is 51.9 Å². The zero-order chi connectivity index (χ0) is 14.4. The molecule has 3 nitrogen and oxygen atoms in total. The standard InChI is InChI=1S/C16H30N2OS/c1-3-20-15-6-5-14(12-15)18(2)16(19)7-4-13-8-10-17-11-9-13/h13-15,17H,3-12H2,1-2H3. The fraction of sp³-hybridized carbons (Fsp3) is 0.938. The van der Waals surface area contributed by atoms with Crippen LogP contribution in [0.4, 0.5) is 0 Å². The molecule has 0 aromatic carbocycles. The first-order valence-electron chi connectivity index (χ1n) is 8.28. The number of carbonyl (C=O) groups is 1. The Bertz CT molecular complexity index is 305. The topological polar surface area (TPSA) is 32.3 Å². The van der Waals surface area contributed by atoms with Gasteiger partial charge < -0.3 is 10.2 Å². The molecule has 1 N–H and O–H groups in total. The summed E-state index contributed by atoms with van der Waals surface area (Å²) in [7, 11) is 2.02. The number of rotatable bonds is 6. The molecular weight excluding hydrogens is 268 g/mol. The van der Waals surface area contributed by atoms with Crippen molar-refractivity contribution < 1.29 is 4.79 Å². The Balaban J connectivity index is 1.69. The normalized spacial score (nSPS) is 27.7. The van der Waals surface area contributed by atoms with Crippen LogP contribution in [-0.2, 0) is 4.79 Å². The van der Waals surface area contributed by atoms with Gasteiger partial charge in [0, 0.05) is 24.8 Å². The summed E-state index contributed by atoms with van der Waals surface area (Å²) in [6.45, 7) is 4.49. The van der Waals surface area contributed by atoms with E-state index in [-0.39, 0.29) is 0 Å². The van der Waals surface area contributed by atoms with Gasteiger partial charge in [0.25, 0.3) is 0 Å². The Morgan fingerprint density at radius 1 is 1.25 bits per heavy atom. The SMILES string of the molecule is CCSC1CCC(N(C)C(=O)CCC2CCNCC2)C1. The third-order valence-corrected chi connectivity index (χ3v) is 6.16. The van der Waals surface area contributed by atoms with Crippen molar-refractivity contribution in [3.63, 3.8) is 0 Å². The van der Waals surface area contributed by atoms with Crippen molar-refractivity contribution in [3.05, 3.63) is 0 Å². The fourth-order valence-corrected chi connectivity index (χ4v) is 4.67. The van der Waals surface area contributed by atoms with Crippen molar-refractivity contribution in [2.45, 2.75) is 63.2 Å². The number of hydrogen-bond acceptors (Lipinski definition) is 3. The van der Waals surface area contributed by atoms with Gasteiger partial charge in [0.1, 0.15) is 0 Å². The molecule has 1 amide bonds. The first-order chi connectivity index (χ1) is 9.70. The lowest BCUT2D eigenvalue weighted by atomic mass is 9.93. The molecule has 0 bridgehead atoms. The molecule has 1 heterocycles. The maximum absolute atomic E-state index is 12.3. The van der Waals surface area contributed by atoms with Crippen LogP contribution in [0.15, 0.2) is 0 Å². The van der Waals surface area contributed by atoms with Gasteiger partial charge in [0.05, 0.1) is 0 Å². The summed E-state index contributed by atoms with van der Waals surface area (Å²) in [5.74, 6) is 2.33. The smallest absolute Gasteiger partial charge is 0.222 e. The summed E-state index contributed by atoms with van der Waals surface area (Å²) >= 11 is 2.06. The highest BCUT2D eigenvalue weighted by molar-refractivity contribution is 7.99. The lowest BCUT2D eigenvalue weighted by Gasteiger charge is -2.27. The second-order valence-corrected chi connectivity index (χ2v) is 7.86. The van der Waals surface area contributed by atoms with Crippen LogP contribution in [0.25, 0.3) is 0 Å². The average Bonchev–Trinajstić information content (AvgIpc) is 2.94. The minimum atomic E-state index is 0.371. The predicted octanol–water partition coefficient (Wildman–Crippen LogP) is 2.90. The van der Waals surface area contributed by atoms with Crippen LogP contribution in [-0.4, -0.2) is 48.0 Å². The quantitative estimate of drug-likeness (QED) is 0.818. The van der Waals surface area contributed by atoms with Gasteiger partial charge in [-0.2, -0.15) is 11.8 Å². The molecule has 1 aliphatic heterocycles. The van der Waals surface area contributed by atoms with Crippen LogP contribution in [0.2, 0.25) is 0 Å². The number of hydrogen-bond donors (Lipinski definition) is 1. The minimum absolute atomic E-state index is 0.371. The number of thioether (sulfide) groups is 1. The van der Waals surface area contributed by atoms with Crippen molar-refractivity contribution in [3.8, 4) is 0 Å². The first-order valence-corrected chi connectivity index (χ1v) is 9.33. The Labute approximate surface area is 128 Å². The van der Waals surface area contributed by atoms with Crippen molar-refractivity contribution >= 4 is 17.7 Å². The number of amides is 1. The van der Waals surface area contributed by atoms with Gasteiger partial charge in [-0.15, -0.1) is 0 Å².